The maximum atomic E-state index is 10.4. The van der Waals surface area contributed by atoms with Gasteiger partial charge in [0.05, 0.1) is 5.92 Å². The highest BCUT2D eigenvalue weighted by molar-refractivity contribution is 6.20. The number of carboxylic acid groups (broad SMARTS) is 1. The molecule has 2 unspecified atom stereocenters. The Morgan fingerprint density at radius 3 is 2.60 bits per heavy atom. The molecule has 0 aromatic heterocycles. The topological polar surface area (TPSA) is 37.3 Å². The van der Waals surface area contributed by atoms with E-state index in [1.165, 1.54) is 0 Å². The lowest BCUT2D eigenvalue weighted by Gasteiger charge is -2.21. The molecule has 58 valence electrons. The summed E-state index contributed by atoms with van der Waals surface area (Å²) >= 11 is 5.79. The number of hydrogen-bond donors (Lipinski definition) is 1. The minimum Gasteiger partial charge on any atom is -0.481 e. The van der Waals surface area contributed by atoms with Gasteiger partial charge in [-0.15, -0.1) is 11.6 Å². The molecule has 2 nitrogen and oxygen atoms in total. The lowest BCUT2D eigenvalue weighted by Crippen LogP contribution is -2.22. The van der Waals surface area contributed by atoms with E-state index in [0.717, 1.165) is 19.3 Å². The van der Waals surface area contributed by atoms with Crippen LogP contribution in [0.4, 0.5) is 0 Å². The van der Waals surface area contributed by atoms with Crippen molar-refractivity contribution >= 4 is 17.6 Å². The maximum absolute atomic E-state index is 10.4. The van der Waals surface area contributed by atoms with E-state index in [-0.39, 0.29) is 11.3 Å². The van der Waals surface area contributed by atoms with Crippen LogP contribution in [-0.4, -0.2) is 16.5 Å². The molecule has 1 aliphatic carbocycles. The highest BCUT2D eigenvalue weighted by atomic mass is 35.5. The first-order valence-corrected chi connectivity index (χ1v) is 4.00. The van der Waals surface area contributed by atoms with E-state index in [1.807, 2.05) is 0 Å². The van der Waals surface area contributed by atoms with Gasteiger partial charge in [-0.05, 0) is 19.3 Å². The Morgan fingerprint density at radius 1 is 1.50 bits per heavy atom. The molecule has 0 radical (unpaired) electrons. The monoisotopic (exact) mass is 162 g/mol. The van der Waals surface area contributed by atoms with Gasteiger partial charge in [0.25, 0.3) is 0 Å². The summed E-state index contributed by atoms with van der Waals surface area (Å²) in [5, 5.41) is 8.69. The van der Waals surface area contributed by atoms with Crippen LogP contribution in [0.2, 0.25) is 0 Å². The number of halogens is 1. The number of alkyl halides is 1. The van der Waals surface area contributed by atoms with Gasteiger partial charge in [-0.2, -0.15) is 0 Å². The molecular formula is C7H11ClO2. The number of rotatable bonds is 1. The standard InChI is InChI=1S/C7H11ClO2/c8-6-3-1-2-5(4-6)7(9)10/h5-6H,1-4H2,(H,9,10). The molecule has 3 heteroatoms. The fraction of sp³-hybridized carbons (Fsp3) is 0.857. The molecule has 0 spiro atoms. The van der Waals surface area contributed by atoms with Crippen LogP contribution < -0.4 is 0 Å². The molecule has 2 atom stereocenters. The average Bonchev–Trinajstić information content (AvgIpc) is 1.88. The van der Waals surface area contributed by atoms with Crippen molar-refractivity contribution in [2.24, 2.45) is 5.92 Å². The number of aliphatic carboxylic acids is 1. The lowest BCUT2D eigenvalue weighted by molar-refractivity contribution is -0.142. The van der Waals surface area contributed by atoms with E-state index in [1.54, 1.807) is 0 Å². The third-order valence-corrected chi connectivity index (χ3v) is 2.36. The van der Waals surface area contributed by atoms with Crippen LogP contribution in [0, 0.1) is 5.92 Å². The Bertz CT molecular complexity index is 136. The van der Waals surface area contributed by atoms with E-state index < -0.39 is 5.97 Å². The first-order valence-electron chi connectivity index (χ1n) is 3.57. The molecule has 10 heavy (non-hydrogen) atoms. The molecule has 0 heterocycles. The van der Waals surface area contributed by atoms with Gasteiger partial charge in [0, 0.05) is 5.38 Å². The van der Waals surface area contributed by atoms with Crippen LogP contribution in [0.15, 0.2) is 0 Å². The number of carbonyl (C=O) groups is 1. The summed E-state index contributed by atoms with van der Waals surface area (Å²) in [5.74, 6) is -0.874. The van der Waals surface area contributed by atoms with E-state index >= 15 is 0 Å². The van der Waals surface area contributed by atoms with Gasteiger partial charge in [0.2, 0.25) is 0 Å². The third-order valence-electron chi connectivity index (χ3n) is 1.96. The van der Waals surface area contributed by atoms with Gasteiger partial charge in [-0.1, -0.05) is 6.42 Å². The molecule has 0 bridgehead atoms. The smallest absolute Gasteiger partial charge is 0.306 e. The van der Waals surface area contributed by atoms with E-state index in [0.29, 0.717) is 6.42 Å². The second kappa shape index (κ2) is 3.24. The second-order valence-corrected chi connectivity index (χ2v) is 3.42. The predicted molar refractivity (Wildman–Crippen MR) is 39.2 cm³/mol. The molecule has 1 rings (SSSR count). The largest absolute Gasteiger partial charge is 0.481 e. The van der Waals surface area contributed by atoms with Crippen molar-refractivity contribution in [1.82, 2.24) is 0 Å². The Balaban J connectivity index is 2.39. The zero-order chi connectivity index (χ0) is 7.56. The Hall–Kier alpha value is -0.240. The molecular weight excluding hydrogens is 152 g/mol. The second-order valence-electron chi connectivity index (χ2n) is 2.80. The Kier molecular flexibility index (Phi) is 2.55. The summed E-state index contributed by atoms with van der Waals surface area (Å²) in [7, 11) is 0. The van der Waals surface area contributed by atoms with E-state index in [9.17, 15) is 4.79 Å². The summed E-state index contributed by atoms with van der Waals surface area (Å²) in [5.41, 5.74) is 0. The maximum Gasteiger partial charge on any atom is 0.306 e. The van der Waals surface area contributed by atoms with Crippen LogP contribution in [0.1, 0.15) is 25.7 Å². The minimum atomic E-state index is -0.689. The Labute approximate surface area is 65.2 Å². The highest BCUT2D eigenvalue weighted by Gasteiger charge is 2.25. The average molecular weight is 163 g/mol. The van der Waals surface area contributed by atoms with Crippen LogP contribution in [0.5, 0.6) is 0 Å². The van der Waals surface area contributed by atoms with E-state index in [4.69, 9.17) is 16.7 Å². The number of hydrogen-bond acceptors (Lipinski definition) is 1. The minimum absolute atomic E-state index is 0.0925. The van der Waals surface area contributed by atoms with Gasteiger partial charge in [0.1, 0.15) is 0 Å². The zero-order valence-electron chi connectivity index (χ0n) is 5.72. The molecule has 0 aliphatic heterocycles. The quantitative estimate of drug-likeness (QED) is 0.598. The summed E-state index contributed by atoms with van der Waals surface area (Å²) < 4.78 is 0. The van der Waals surface area contributed by atoms with Crippen molar-refractivity contribution in [2.75, 3.05) is 0 Å². The van der Waals surface area contributed by atoms with Gasteiger partial charge in [0.15, 0.2) is 0 Å². The zero-order valence-corrected chi connectivity index (χ0v) is 6.47. The van der Waals surface area contributed by atoms with Crippen molar-refractivity contribution in [1.29, 1.82) is 0 Å². The molecule has 0 saturated heterocycles. The fourth-order valence-corrected chi connectivity index (χ4v) is 1.72. The molecule has 0 aromatic rings. The summed E-state index contributed by atoms with van der Waals surface area (Å²) in [4.78, 5) is 10.4. The van der Waals surface area contributed by atoms with Crippen LogP contribution in [0.25, 0.3) is 0 Å². The lowest BCUT2D eigenvalue weighted by atomic mass is 9.89. The van der Waals surface area contributed by atoms with Crippen molar-refractivity contribution < 1.29 is 9.90 Å². The van der Waals surface area contributed by atoms with Gasteiger partial charge < -0.3 is 5.11 Å². The molecule has 0 amide bonds. The molecule has 1 saturated carbocycles. The molecule has 1 aliphatic rings. The SMILES string of the molecule is O=C(O)C1CCCC(Cl)C1. The van der Waals surface area contributed by atoms with Gasteiger partial charge in [-0.3, -0.25) is 4.79 Å². The molecule has 1 N–H and O–H groups in total. The Morgan fingerprint density at radius 2 is 2.20 bits per heavy atom. The van der Waals surface area contributed by atoms with Crippen LogP contribution in [0.3, 0.4) is 0 Å². The number of carboxylic acids is 1. The fourth-order valence-electron chi connectivity index (χ4n) is 1.35. The van der Waals surface area contributed by atoms with Crippen molar-refractivity contribution in [3.8, 4) is 0 Å². The van der Waals surface area contributed by atoms with Gasteiger partial charge >= 0.3 is 5.97 Å². The van der Waals surface area contributed by atoms with Gasteiger partial charge in [-0.25, -0.2) is 0 Å². The first-order chi connectivity index (χ1) is 4.70. The highest BCUT2D eigenvalue weighted by Crippen LogP contribution is 2.27. The summed E-state index contributed by atoms with van der Waals surface area (Å²) in [6, 6.07) is 0. The van der Waals surface area contributed by atoms with Crippen molar-refractivity contribution in [2.45, 2.75) is 31.1 Å². The third kappa shape index (κ3) is 1.87. The molecule has 0 aromatic carbocycles. The predicted octanol–water partition coefficient (Wildman–Crippen LogP) is 1.87. The van der Waals surface area contributed by atoms with E-state index in [2.05, 4.69) is 0 Å². The summed E-state index contributed by atoms with van der Waals surface area (Å²) in [6.45, 7) is 0. The first kappa shape index (κ1) is 7.86. The van der Waals surface area contributed by atoms with Crippen LogP contribution in [-0.2, 0) is 4.79 Å². The normalized spacial score (nSPS) is 33.7. The van der Waals surface area contributed by atoms with Crippen molar-refractivity contribution in [3.63, 3.8) is 0 Å². The molecule has 1 fully saturated rings. The van der Waals surface area contributed by atoms with Crippen LogP contribution >= 0.6 is 11.6 Å². The summed E-state index contributed by atoms with van der Waals surface area (Å²) in [6.07, 6.45) is 3.39. The van der Waals surface area contributed by atoms with Crippen molar-refractivity contribution in [3.05, 3.63) is 0 Å².